The van der Waals surface area contributed by atoms with Crippen molar-refractivity contribution >= 4 is 22.4 Å². The number of hydrogen-bond acceptors (Lipinski definition) is 4. The predicted molar refractivity (Wildman–Crippen MR) is 111 cm³/mol. The highest BCUT2D eigenvalue weighted by atomic mass is 32.1. The largest absolute Gasteiger partial charge is 0.287 e. The third-order valence-electron chi connectivity index (χ3n) is 4.07. The van der Waals surface area contributed by atoms with Gasteiger partial charge in [-0.3, -0.25) is 9.69 Å². The lowest BCUT2D eigenvalue weighted by Crippen LogP contribution is -2.34. The Morgan fingerprint density at radius 1 is 1.04 bits per heavy atom. The smallest absolute Gasteiger partial charge is 0.229 e. The molecule has 0 saturated carbocycles. The van der Waals surface area contributed by atoms with Crippen LogP contribution in [0.1, 0.15) is 66.9 Å². The fraction of sp³-hybridized carbons (Fsp3) is 0.571. The van der Waals surface area contributed by atoms with Gasteiger partial charge in [-0.1, -0.05) is 84.1 Å². The lowest BCUT2D eigenvalue weighted by atomic mass is 9.87. The summed E-state index contributed by atoms with van der Waals surface area (Å²) < 4.78 is 0. The summed E-state index contributed by atoms with van der Waals surface area (Å²) >= 11 is 1.48. The molecule has 1 amide bonds. The lowest BCUT2D eigenvalue weighted by Gasteiger charge is -2.24. The van der Waals surface area contributed by atoms with E-state index in [1.165, 1.54) is 16.9 Å². The van der Waals surface area contributed by atoms with Gasteiger partial charge in [-0.15, -0.1) is 10.2 Å². The molecule has 0 saturated heterocycles. The zero-order valence-corrected chi connectivity index (χ0v) is 17.9. The molecule has 2 rings (SSSR count). The molecule has 1 heterocycles. The molecule has 0 bridgehead atoms. The molecular formula is C21H31N3OS. The molecule has 0 unspecified atom stereocenters. The number of rotatable bonds is 5. The van der Waals surface area contributed by atoms with Gasteiger partial charge < -0.3 is 0 Å². The third kappa shape index (κ3) is 5.37. The van der Waals surface area contributed by atoms with Crippen LogP contribution in [0.4, 0.5) is 5.13 Å². The summed E-state index contributed by atoms with van der Waals surface area (Å²) in [5.74, 6) is 0.116. The van der Waals surface area contributed by atoms with Crippen LogP contribution in [0, 0.1) is 5.41 Å². The number of benzene rings is 1. The van der Waals surface area contributed by atoms with E-state index in [-0.39, 0.29) is 16.7 Å². The van der Waals surface area contributed by atoms with Crippen LogP contribution in [0.3, 0.4) is 0 Å². The quantitative estimate of drug-likeness (QED) is 0.677. The average Bonchev–Trinajstić information content (AvgIpc) is 2.99. The van der Waals surface area contributed by atoms with Crippen LogP contribution >= 0.6 is 11.3 Å². The predicted octanol–water partition coefficient (Wildman–Crippen LogP) is 5.68. The molecule has 0 N–H and O–H groups in total. The van der Waals surface area contributed by atoms with Crippen LogP contribution in [-0.4, -0.2) is 22.6 Å². The number of anilines is 1. The van der Waals surface area contributed by atoms with Crippen molar-refractivity contribution in [3.05, 3.63) is 29.8 Å². The zero-order valence-electron chi connectivity index (χ0n) is 17.1. The summed E-state index contributed by atoms with van der Waals surface area (Å²) in [5.41, 5.74) is 2.42. The molecule has 0 aliphatic carbocycles. The van der Waals surface area contributed by atoms with Gasteiger partial charge in [0.25, 0.3) is 0 Å². The molecule has 0 spiro atoms. The van der Waals surface area contributed by atoms with Crippen LogP contribution < -0.4 is 4.90 Å². The maximum Gasteiger partial charge on any atom is 0.229 e. The van der Waals surface area contributed by atoms with Crippen LogP contribution in [0.5, 0.6) is 0 Å². The van der Waals surface area contributed by atoms with E-state index in [1.54, 1.807) is 4.90 Å². The molecule has 4 nitrogen and oxygen atoms in total. The van der Waals surface area contributed by atoms with Gasteiger partial charge in [-0.2, -0.15) is 0 Å². The second-order valence-corrected chi connectivity index (χ2v) is 9.96. The molecular weight excluding hydrogens is 342 g/mol. The van der Waals surface area contributed by atoms with Crippen molar-refractivity contribution in [2.75, 3.05) is 11.4 Å². The minimum absolute atomic E-state index is 0.0423. The molecule has 0 radical (unpaired) electrons. The first-order valence-corrected chi connectivity index (χ1v) is 10.1. The van der Waals surface area contributed by atoms with Gasteiger partial charge in [0.15, 0.2) is 0 Å². The lowest BCUT2D eigenvalue weighted by molar-refractivity contribution is -0.120. The van der Waals surface area contributed by atoms with Gasteiger partial charge >= 0.3 is 0 Å². The molecule has 26 heavy (non-hydrogen) atoms. The normalized spacial score (nSPS) is 12.3. The van der Waals surface area contributed by atoms with E-state index in [4.69, 9.17) is 0 Å². The SMILES string of the molecule is CCCN(C(=O)CC(C)(C)C)c1nnc(-c2ccc(C(C)(C)C)cc2)s1. The van der Waals surface area contributed by atoms with Crippen molar-refractivity contribution in [2.24, 2.45) is 5.41 Å². The van der Waals surface area contributed by atoms with E-state index in [0.717, 1.165) is 17.0 Å². The molecule has 1 aromatic heterocycles. The summed E-state index contributed by atoms with van der Waals surface area (Å²) in [5, 5.41) is 10.2. The Morgan fingerprint density at radius 2 is 1.65 bits per heavy atom. The standard InChI is InChI=1S/C21H31N3OS/c1-8-13-24(17(25)14-20(2,3)4)19-23-22-18(26-19)15-9-11-16(12-10-15)21(5,6)7/h9-12H,8,13-14H2,1-7H3. The molecule has 0 aliphatic heterocycles. The van der Waals surface area contributed by atoms with E-state index in [1.807, 2.05) is 0 Å². The van der Waals surface area contributed by atoms with Gasteiger partial charge in [0.1, 0.15) is 5.01 Å². The van der Waals surface area contributed by atoms with Gasteiger partial charge in [0.05, 0.1) is 0 Å². The zero-order chi connectivity index (χ0) is 19.5. The van der Waals surface area contributed by atoms with Gasteiger partial charge in [-0.25, -0.2) is 0 Å². The highest BCUT2D eigenvalue weighted by Gasteiger charge is 2.24. The first kappa shape index (κ1) is 20.6. The Labute approximate surface area is 161 Å². The number of carbonyl (C=O) groups excluding carboxylic acids is 1. The fourth-order valence-corrected chi connectivity index (χ4v) is 3.55. The number of aromatic nitrogens is 2. The second kappa shape index (κ2) is 7.87. The molecule has 5 heteroatoms. The minimum Gasteiger partial charge on any atom is -0.287 e. The highest BCUT2D eigenvalue weighted by Crippen LogP contribution is 2.32. The molecule has 0 fully saturated rings. The number of amides is 1. The summed E-state index contributed by atoms with van der Waals surface area (Å²) in [4.78, 5) is 14.5. The maximum atomic E-state index is 12.7. The minimum atomic E-state index is -0.0423. The molecule has 1 aromatic carbocycles. The second-order valence-electron chi connectivity index (χ2n) is 9.00. The Balaban J connectivity index is 2.24. The van der Waals surface area contributed by atoms with Crippen LogP contribution in [0.25, 0.3) is 10.6 Å². The Bertz CT molecular complexity index is 736. The fourth-order valence-electron chi connectivity index (χ4n) is 2.65. The van der Waals surface area contributed by atoms with Crippen molar-refractivity contribution in [1.82, 2.24) is 10.2 Å². The summed E-state index contributed by atoms with van der Waals surface area (Å²) in [6, 6.07) is 8.47. The number of hydrogen-bond donors (Lipinski definition) is 0. The first-order valence-electron chi connectivity index (χ1n) is 9.26. The van der Waals surface area contributed by atoms with Crippen LogP contribution in [-0.2, 0) is 10.2 Å². The summed E-state index contributed by atoms with van der Waals surface area (Å²) in [7, 11) is 0. The number of carbonyl (C=O) groups is 1. The number of nitrogens with zero attached hydrogens (tertiary/aromatic N) is 3. The Morgan fingerprint density at radius 3 is 2.15 bits per heavy atom. The topological polar surface area (TPSA) is 46.1 Å². The molecule has 2 aromatic rings. The molecule has 142 valence electrons. The third-order valence-corrected chi connectivity index (χ3v) is 5.07. The maximum absolute atomic E-state index is 12.7. The Kier molecular flexibility index (Phi) is 6.22. The molecule has 0 atom stereocenters. The monoisotopic (exact) mass is 373 g/mol. The van der Waals surface area contributed by atoms with E-state index < -0.39 is 0 Å². The molecule has 0 aliphatic rings. The van der Waals surface area contributed by atoms with E-state index in [9.17, 15) is 4.79 Å². The van der Waals surface area contributed by atoms with Gasteiger partial charge in [0.2, 0.25) is 11.0 Å². The highest BCUT2D eigenvalue weighted by molar-refractivity contribution is 7.18. The first-order chi connectivity index (χ1) is 12.0. The van der Waals surface area contributed by atoms with E-state index in [0.29, 0.717) is 18.1 Å². The van der Waals surface area contributed by atoms with Gasteiger partial charge in [-0.05, 0) is 22.8 Å². The van der Waals surface area contributed by atoms with Crippen molar-refractivity contribution in [2.45, 2.75) is 66.7 Å². The summed E-state index contributed by atoms with van der Waals surface area (Å²) in [6.45, 7) is 15.6. The van der Waals surface area contributed by atoms with Crippen LogP contribution in [0.15, 0.2) is 24.3 Å². The van der Waals surface area contributed by atoms with Gasteiger partial charge in [0, 0.05) is 18.5 Å². The average molecular weight is 374 g/mol. The Hall–Kier alpha value is -1.75. The van der Waals surface area contributed by atoms with E-state index >= 15 is 0 Å². The van der Waals surface area contributed by atoms with Crippen molar-refractivity contribution in [1.29, 1.82) is 0 Å². The van der Waals surface area contributed by atoms with Crippen molar-refractivity contribution < 1.29 is 4.79 Å². The van der Waals surface area contributed by atoms with Crippen LogP contribution in [0.2, 0.25) is 0 Å². The summed E-state index contributed by atoms with van der Waals surface area (Å²) in [6.07, 6.45) is 1.40. The van der Waals surface area contributed by atoms with E-state index in [2.05, 4.69) is 82.9 Å². The van der Waals surface area contributed by atoms with Crippen molar-refractivity contribution in [3.63, 3.8) is 0 Å². The van der Waals surface area contributed by atoms with Crippen molar-refractivity contribution in [3.8, 4) is 10.6 Å².